The maximum Gasteiger partial charge on any atom is 0.263 e. The average molecular weight is 455 g/mol. The predicted molar refractivity (Wildman–Crippen MR) is 122 cm³/mol. The number of fused-ring (bicyclic) bond motifs is 1. The first-order valence-corrected chi connectivity index (χ1v) is 12.5. The van der Waals surface area contributed by atoms with Crippen molar-refractivity contribution in [2.75, 3.05) is 27.6 Å². The molecular formula is C22H22N4O3S2. The zero-order valence-corrected chi connectivity index (χ0v) is 18.6. The number of aryl methyl sites for hydroxylation is 1. The summed E-state index contributed by atoms with van der Waals surface area (Å²) >= 11 is 1.22. The van der Waals surface area contributed by atoms with E-state index in [1.165, 1.54) is 34.6 Å². The molecule has 3 heterocycles. The topological polar surface area (TPSA) is 82.6 Å². The van der Waals surface area contributed by atoms with Gasteiger partial charge in [0.15, 0.2) is 5.13 Å². The summed E-state index contributed by atoms with van der Waals surface area (Å²) in [6, 6.07) is 12.5. The van der Waals surface area contributed by atoms with Crippen molar-refractivity contribution >= 4 is 43.8 Å². The molecule has 2 aromatic carbocycles. The lowest BCUT2D eigenvalue weighted by atomic mass is 10.1. The molecule has 1 fully saturated rings. The summed E-state index contributed by atoms with van der Waals surface area (Å²) in [5.74, 6) is 0.0610. The Hall–Kier alpha value is -2.91. The predicted octanol–water partition coefficient (Wildman–Crippen LogP) is 3.42. The van der Waals surface area contributed by atoms with Crippen LogP contribution in [-0.4, -0.2) is 38.4 Å². The summed E-state index contributed by atoms with van der Waals surface area (Å²) in [7, 11) is -3.71. The molecule has 2 aliphatic heterocycles. The molecule has 2 aliphatic rings. The highest BCUT2D eigenvalue weighted by Crippen LogP contribution is 2.35. The van der Waals surface area contributed by atoms with Crippen LogP contribution in [0.25, 0.3) is 0 Å². The van der Waals surface area contributed by atoms with Crippen molar-refractivity contribution in [2.24, 2.45) is 0 Å². The van der Waals surface area contributed by atoms with E-state index in [0.717, 1.165) is 25.1 Å². The Kier molecular flexibility index (Phi) is 4.94. The Morgan fingerprint density at radius 1 is 1.13 bits per heavy atom. The van der Waals surface area contributed by atoms with E-state index in [0.29, 0.717) is 17.4 Å². The fourth-order valence-electron chi connectivity index (χ4n) is 4.42. The lowest BCUT2D eigenvalue weighted by molar-refractivity contribution is -0.118. The maximum atomic E-state index is 13.2. The summed E-state index contributed by atoms with van der Waals surface area (Å²) < 4.78 is 27.5. The first-order valence-electron chi connectivity index (χ1n) is 10.1. The first-order chi connectivity index (χ1) is 14.9. The Labute approximate surface area is 185 Å². The normalized spacial score (nSPS) is 18.5. The van der Waals surface area contributed by atoms with Gasteiger partial charge in [-0.05, 0) is 61.2 Å². The van der Waals surface area contributed by atoms with Gasteiger partial charge < -0.3 is 9.80 Å². The molecule has 31 heavy (non-hydrogen) atoms. The second kappa shape index (κ2) is 7.65. The smallest absolute Gasteiger partial charge is 0.263 e. The SMILES string of the molecule is Cc1cccc2c1CCN2[C@H]1CCN(c2ccc(S(=O)(=O)Nc3nccs3)cc2)C1=O. The van der Waals surface area contributed by atoms with Crippen LogP contribution in [0.3, 0.4) is 0 Å². The van der Waals surface area contributed by atoms with Gasteiger partial charge in [-0.15, -0.1) is 11.3 Å². The molecule has 7 nitrogen and oxygen atoms in total. The second-order valence-corrected chi connectivity index (χ2v) is 10.3. The van der Waals surface area contributed by atoms with Gasteiger partial charge in [0.25, 0.3) is 10.0 Å². The minimum atomic E-state index is -3.71. The lowest BCUT2D eigenvalue weighted by Crippen LogP contribution is -2.41. The molecule has 9 heteroatoms. The summed E-state index contributed by atoms with van der Waals surface area (Å²) in [5.41, 5.74) is 4.47. The van der Waals surface area contributed by atoms with Gasteiger partial charge in [-0.2, -0.15) is 0 Å². The van der Waals surface area contributed by atoms with Crippen molar-refractivity contribution in [3.63, 3.8) is 0 Å². The number of nitrogens with one attached hydrogen (secondary N) is 1. The molecule has 0 aliphatic carbocycles. The molecule has 0 spiro atoms. The molecule has 1 aromatic heterocycles. The van der Waals surface area contributed by atoms with Crippen LogP contribution in [0.4, 0.5) is 16.5 Å². The summed E-state index contributed by atoms with van der Waals surface area (Å²) in [6.45, 7) is 3.58. The maximum absolute atomic E-state index is 13.2. The Bertz CT molecular complexity index is 1220. The third-order valence-corrected chi connectivity index (χ3v) is 8.14. The number of hydrogen-bond donors (Lipinski definition) is 1. The third kappa shape index (κ3) is 3.57. The minimum Gasteiger partial charge on any atom is -0.359 e. The van der Waals surface area contributed by atoms with Crippen molar-refractivity contribution in [2.45, 2.75) is 30.7 Å². The van der Waals surface area contributed by atoms with Crippen LogP contribution in [0, 0.1) is 6.92 Å². The molecule has 5 rings (SSSR count). The molecule has 0 bridgehead atoms. The summed E-state index contributed by atoms with van der Waals surface area (Å²) in [5, 5.41) is 2.03. The van der Waals surface area contributed by atoms with Gasteiger partial charge in [-0.3, -0.25) is 9.52 Å². The molecule has 1 N–H and O–H groups in total. The number of nitrogens with zero attached hydrogens (tertiary/aromatic N) is 3. The molecule has 1 saturated heterocycles. The number of rotatable bonds is 5. The van der Waals surface area contributed by atoms with Gasteiger partial charge in [0.05, 0.1) is 4.90 Å². The van der Waals surface area contributed by atoms with Gasteiger partial charge in [-0.25, -0.2) is 13.4 Å². The zero-order chi connectivity index (χ0) is 21.6. The molecule has 1 atom stereocenters. The van der Waals surface area contributed by atoms with Crippen molar-refractivity contribution < 1.29 is 13.2 Å². The molecule has 0 saturated carbocycles. The third-order valence-electron chi connectivity index (χ3n) is 5.96. The van der Waals surface area contributed by atoms with E-state index in [1.807, 2.05) is 6.07 Å². The minimum absolute atomic E-state index is 0.0610. The standard InChI is InChI=1S/C22H22N4O3S2/c1-15-3-2-4-19-18(15)9-12-26(19)20-10-13-25(21(20)27)16-5-7-17(8-6-16)31(28,29)24-22-23-11-14-30-22/h2-8,11,14,20H,9-10,12-13H2,1H3,(H,23,24)/t20-/m0/s1. The second-order valence-electron chi connectivity index (χ2n) is 7.75. The zero-order valence-electron chi connectivity index (χ0n) is 17.0. The van der Waals surface area contributed by atoms with Crippen molar-refractivity contribution in [1.29, 1.82) is 0 Å². The van der Waals surface area contributed by atoms with Crippen LogP contribution in [0.15, 0.2) is 58.9 Å². The summed E-state index contributed by atoms with van der Waals surface area (Å²) in [6.07, 6.45) is 3.25. The van der Waals surface area contributed by atoms with Gasteiger partial charge in [-0.1, -0.05) is 12.1 Å². The first kappa shape index (κ1) is 20.0. The number of thiazole rings is 1. The Morgan fingerprint density at radius 2 is 1.94 bits per heavy atom. The number of benzene rings is 2. The van der Waals surface area contributed by atoms with E-state index in [1.54, 1.807) is 28.6 Å². The quantitative estimate of drug-likeness (QED) is 0.639. The highest BCUT2D eigenvalue weighted by Gasteiger charge is 2.39. The van der Waals surface area contributed by atoms with Crippen molar-refractivity contribution in [3.05, 3.63) is 65.2 Å². The molecule has 1 amide bonds. The van der Waals surface area contributed by atoms with E-state index in [9.17, 15) is 13.2 Å². The van der Waals surface area contributed by atoms with Crippen molar-refractivity contribution in [3.8, 4) is 0 Å². The van der Waals surface area contributed by atoms with E-state index < -0.39 is 10.0 Å². The van der Waals surface area contributed by atoms with E-state index in [4.69, 9.17) is 0 Å². The monoisotopic (exact) mass is 454 g/mol. The molecule has 0 unspecified atom stereocenters. The molecule has 0 radical (unpaired) electrons. The van der Waals surface area contributed by atoms with Gasteiger partial charge >= 0.3 is 0 Å². The Balaban J connectivity index is 1.33. The molecular weight excluding hydrogens is 432 g/mol. The van der Waals surface area contributed by atoms with E-state index in [-0.39, 0.29) is 16.8 Å². The van der Waals surface area contributed by atoms with Crippen LogP contribution in [0.1, 0.15) is 17.5 Å². The fraction of sp³-hybridized carbons (Fsp3) is 0.273. The number of anilines is 3. The van der Waals surface area contributed by atoms with Gasteiger partial charge in [0, 0.05) is 36.0 Å². The highest BCUT2D eigenvalue weighted by molar-refractivity contribution is 7.93. The molecule has 160 valence electrons. The molecule has 3 aromatic rings. The van der Waals surface area contributed by atoms with Gasteiger partial charge in [0.1, 0.15) is 6.04 Å². The van der Waals surface area contributed by atoms with Crippen LogP contribution in [0.2, 0.25) is 0 Å². The van der Waals surface area contributed by atoms with E-state index in [2.05, 4.69) is 33.7 Å². The number of carbonyl (C=O) groups excluding carboxylic acids is 1. The van der Waals surface area contributed by atoms with Crippen LogP contribution < -0.4 is 14.5 Å². The highest BCUT2D eigenvalue weighted by atomic mass is 32.2. The lowest BCUT2D eigenvalue weighted by Gasteiger charge is -2.26. The summed E-state index contributed by atoms with van der Waals surface area (Å²) in [4.78, 5) is 21.3. The van der Waals surface area contributed by atoms with Crippen LogP contribution in [0.5, 0.6) is 0 Å². The van der Waals surface area contributed by atoms with Crippen LogP contribution >= 0.6 is 11.3 Å². The van der Waals surface area contributed by atoms with Crippen molar-refractivity contribution in [1.82, 2.24) is 4.98 Å². The number of amides is 1. The van der Waals surface area contributed by atoms with E-state index >= 15 is 0 Å². The number of carbonyl (C=O) groups is 1. The number of sulfonamides is 1. The van der Waals surface area contributed by atoms with Crippen LogP contribution in [-0.2, 0) is 21.2 Å². The number of aromatic nitrogens is 1. The average Bonchev–Trinajstić information content (AvgIpc) is 3.48. The largest absolute Gasteiger partial charge is 0.359 e. The Morgan fingerprint density at radius 3 is 2.68 bits per heavy atom. The van der Waals surface area contributed by atoms with Gasteiger partial charge in [0.2, 0.25) is 5.91 Å². The number of hydrogen-bond acceptors (Lipinski definition) is 6. The fourth-order valence-corrected chi connectivity index (χ4v) is 6.21.